The molecule has 1 saturated heterocycles. The number of hydrogen-bond acceptors (Lipinski definition) is 3. The summed E-state index contributed by atoms with van der Waals surface area (Å²) in [5.74, 6) is -0.243. The van der Waals surface area contributed by atoms with E-state index >= 15 is 0 Å². The van der Waals surface area contributed by atoms with E-state index in [1.54, 1.807) is 6.20 Å². The van der Waals surface area contributed by atoms with Crippen LogP contribution in [0.3, 0.4) is 0 Å². The maximum absolute atomic E-state index is 10.9. The van der Waals surface area contributed by atoms with Gasteiger partial charge in [-0.05, 0) is 50.0 Å². The van der Waals surface area contributed by atoms with Crippen LogP contribution < -0.4 is 5.73 Å². The monoisotopic (exact) mass is 233 g/mol. The number of pyridine rings is 1. The summed E-state index contributed by atoms with van der Waals surface area (Å²) in [5.41, 5.74) is 7.67. The SMILES string of the molecule is CN1CCCC1c1cnccc1CCC(N)=O. The number of rotatable bonds is 4. The van der Waals surface area contributed by atoms with Gasteiger partial charge >= 0.3 is 0 Å². The summed E-state index contributed by atoms with van der Waals surface area (Å²) in [6.45, 7) is 1.13. The van der Waals surface area contributed by atoms with Gasteiger partial charge in [0.15, 0.2) is 0 Å². The molecular weight excluding hydrogens is 214 g/mol. The van der Waals surface area contributed by atoms with Gasteiger partial charge in [-0.2, -0.15) is 0 Å². The van der Waals surface area contributed by atoms with E-state index in [1.165, 1.54) is 24.0 Å². The van der Waals surface area contributed by atoms with Crippen molar-refractivity contribution in [3.05, 3.63) is 29.6 Å². The number of carbonyl (C=O) groups is 1. The Hall–Kier alpha value is -1.42. The standard InChI is InChI=1S/C13H19N3O/c1-16-8-2-3-12(16)11-9-15-7-6-10(11)4-5-13(14)17/h6-7,9,12H,2-5,8H2,1H3,(H2,14,17). The van der Waals surface area contributed by atoms with Crippen LogP contribution in [0.15, 0.2) is 18.5 Å². The van der Waals surface area contributed by atoms with Gasteiger partial charge in [-0.1, -0.05) is 0 Å². The van der Waals surface area contributed by atoms with Crippen LogP contribution in [0.2, 0.25) is 0 Å². The molecule has 2 heterocycles. The number of nitrogens with zero attached hydrogens (tertiary/aromatic N) is 2. The highest BCUT2D eigenvalue weighted by molar-refractivity contribution is 5.74. The van der Waals surface area contributed by atoms with Gasteiger partial charge in [-0.3, -0.25) is 14.7 Å². The first-order chi connectivity index (χ1) is 8.18. The molecule has 1 fully saturated rings. The van der Waals surface area contributed by atoms with Crippen molar-refractivity contribution in [3.63, 3.8) is 0 Å². The van der Waals surface area contributed by atoms with Crippen molar-refractivity contribution in [2.75, 3.05) is 13.6 Å². The third-order valence-electron chi connectivity index (χ3n) is 3.47. The lowest BCUT2D eigenvalue weighted by atomic mass is 9.98. The molecule has 0 radical (unpaired) electrons. The van der Waals surface area contributed by atoms with Gasteiger partial charge in [0.2, 0.25) is 5.91 Å². The second-order valence-corrected chi connectivity index (χ2v) is 4.68. The van der Waals surface area contributed by atoms with Crippen molar-refractivity contribution in [1.29, 1.82) is 0 Å². The van der Waals surface area contributed by atoms with Crippen LogP contribution in [0, 0.1) is 0 Å². The molecule has 1 unspecified atom stereocenters. The van der Waals surface area contributed by atoms with Crippen LogP contribution in [-0.2, 0) is 11.2 Å². The maximum atomic E-state index is 10.9. The number of hydrogen-bond donors (Lipinski definition) is 1. The summed E-state index contributed by atoms with van der Waals surface area (Å²) in [6, 6.07) is 2.45. The second-order valence-electron chi connectivity index (χ2n) is 4.68. The smallest absolute Gasteiger partial charge is 0.217 e. The minimum atomic E-state index is -0.243. The summed E-state index contributed by atoms with van der Waals surface area (Å²) in [6.07, 6.45) is 7.25. The van der Waals surface area contributed by atoms with Crippen molar-refractivity contribution in [1.82, 2.24) is 9.88 Å². The fourth-order valence-electron chi connectivity index (χ4n) is 2.52. The van der Waals surface area contributed by atoms with Crippen LogP contribution in [0.4, 0.5) is 0 Å². The number of amides is 1. The predicted molar refractivity (Wildman–Crippen MR) is 66.4 cm³/mol. The molecule has 1 atom stereocenters. The van der Waals surface area contributed by atoms with Gasteiger partial charge in [0.25, 0.3) is 0 Å². The Morgan fingerprint density at radius 3 is 3.12 bits per heavy atom. The van der Waals surface area contributed by atoms with Crippen LogP contribution in [-0.4, -0.2) is 29.4 Å². The number of likely N-dealkylation sites (tertiary alicyclic amines) is 1. The number of carbonyl (C=O) groups excluding carboxylic acids is 1. The summed E-state index contributed by atoms with van der Waals surface area (Å²) in [4.78, 5) is 17.4. The molecule has 0 aliphatic carbocycles. The van der Waals surface area contributed by atoms with E-state index in [9.17, 15) is 4.79 Å². The average Bonchev–Trinajstić information content (AvgIpc) is 2.73. The topological polar surface area (TPSA) is 59.2 Å². The summed E-state index contributed by atoms with van der Waals surface area (Å²) in [5, 5.41) is 0. The maximum Gasteiger partial charge on any atom is 0.217 e. The molecule has 4 nitrogen and oxygen atoms in total. The molecule has 1 aliphatic rings. The Morgan fingerprint density at radius 1 is 1.65 bits per heavy atom. The lowest BCUT2D eigenvalue weighted by molar-refractivity contribution is -0.117. The minimum absolute atomic E-state index is 0.243. The molecule has 0 spiro atoms. The molecule has 2 rings (SSSR count). The van der Waals surface area contributed by atoms with Gasteiger partial charge in [0.05, 0.1) is 0 Å². The van der Waals surface area contributed by atoms with Crippen LogP contribution in [0.5, 0.6) is 0 Å². The normalized spacial score (nSPS) is 20.6. The van der Waals surface area contributed by atoms with E-state index in [1.807, 2.05) is 12.3 Å². The van der Waals surface area contributed by atoms with Crippen LogP contribution in [0.1, 0.15) is 36.4 Å². The second kappa shape index (κ2) is 5.27. The lowest BCUT2D eigenvalue weighted by Gasteiger charge is -2.22. The Kier molecular flexibility index (Phi) is 3.74. The van der Waals surface area contributed by atoms with Crippen LogP contribution >= 0.6 is 0 Å². The van der Waals surface area contributed by atoms with Crippen molar-refractivity contribution in [3.8, 4) is 0 Å². The third-order valence-corrected chi connectivity index (χ3v) is 3.47. The third kappa shape index (κ3) is 2.82. The van der Waals surface area contributed by atoms with E-state index < -0.39 is 0 Å². The van der Waals surface area contributed by atoms with Gasteiger partial charge < -0.3 is 5.73 Å². The minimum Gasteiger partial charge on any atom is -0.370 e. The van der Waals surface area contributed by atoms with Crippen LogP contribution in [0.25, 0.3) is 0 Å². The molecule has 0 saturated carbocycles. The first-order valence-electron chi connectivity index (χ1n) is 6.10. The number of aromatic nitrogens is 1. The zero-order valence-electron chi connectivity index (χ0n) is 10.2. The fraction of sp³-hybridized carbons (Fsp3) is 0.538. The van der Waals surface area contributed by atoms with Crippen molar-refractivity contribution in [2.45, 2.75) is 31.7 Å². The molecule has 1 aromatic heterocycles. The van der Waals surface area contributed by atoms with E-state index in [0.717, 1.165) is 13.0 Å². The molecule has 4 heteroatoms. The molecule has 1 aliphatic heterocycles. The molecule has 1 aromatic rings. The van der Waals surface area contributed by atoms with Gasteiger partial charge in [-0.25, -0.2) is 0 Å². The first kappa shape index (κ1) is 12.0. The Morgan fingerprint density at radius 2 is 2.47 bits per heavy atom. The quantitative estimate of drug-likeness (QED) is 0.852. The predicted octanol–water partition coefficient (Wildman–Crippen LogP) is 1.27. The molecule has 0 bridgehead atoms. The molecule has 0 aromatic carbocycles. The largest absolute Gasteiger partial charge is 0.370 e. The van der Waals surface area contributed by atoms with Crippen molar-refractivity contribution >= 4 is 5.91 Å². The summed E-state index contributed by atoms with van der Waals surface area (Å²) in [7, 11) is 2.14. The molecular formula is C13H19N3O. The van der Waals surface area contributed by atoms with Crippen molar-refractivity contribution in [2.24, 2.45) is 5.73 Å². The fourth-order valence-corrected chi connectivity index (χ4v) is 2.52. The number of aryl methyl sites for hydroxylation is 1. The Bertz CT molecular complexity index is 405. The van der Waals surface area contributed by atoms with Crippen molar-refractivity contribution < 1.29 is 4.79 Å². The molecule has 92 valence electrons. The first-order valence-corrected chi connectivity index (χ1v) is 6.10. The van der Waals surface area contributed by atoms with E-state index in [0.29, 0.717) is 12.5 Å². The number of nitrogens with two attached hydrogens (primary N) is 1. The lowest BCUT2D eigenvalue weighted by Crippen LogP contribution is -2.19. The Labute approximate surface area is 102 Å². The summed E-state index contributed by atoms with van der Waals surface area (Å²) >= 11 is 0. The van der Waals surface area contributed by atoms with Gasteiger partial charge in [0, 0.05) is 24.9 Å². The zero-order chi connectivity index (χ0) is 12.3. The van der Waals surface area contributed by atoms with E-state index in [-0.39, 0.29) is 5.91 Å². The van der Waals surface area contributed by atoms with Gasteiger partial charge in [-0.15, -0.1) is 0 Å². The Balaban J connectivity index is 2.18. The average molecular weight is 233 g/mol. The van der Waals surface area contributed by atoms with Gasteiger partial charge in [0.1, 0.15) is 0 Å². The summed E-state index contributed by atoms with van der Waals surface area (Å²) < 4.78 is 0. The van der Waals surface area contributed by atoms with E-state index in [2.05, 4.69) is 16.9 Å². The highest BCUT2D eigenvalue weighted by Gasteiger charge is 2.24. The highest BCUT2D eigenvalue weighted by atomic mass is 16.1. The molecule has 17 heavy (non-hydrogen) atoms. The van der Waals surface area contributed by atoms with E-state index in [4.69, 9.17) is 5.73 Å². The zero-order valence-corrected chi connectivity index (χ0v) is 10.2. The molecule has 1 amide bonds. The number of primary amides is 1. The molecule has 2 N–H and O–H groups in total. The highest BCUT2D eigenvalue weighted by Crippen LogP contribution is 2.32.